The maximum atomic E-state index is 13.0. The van der Waals surface area contributed by atoms with E-state index in [1.807, 2.05) is 11.1 Å². The molecule has 5 rings (SSSR count). The Morgan fingerprint density at radius 1 is 1.23 bits per heavy atom. The van der Waals surface area contributed by atoms with Crippen molar-refractivity contribution in [3.63, 3.8) is 0 Å². The number of nitrogens with zero attached hydrogens (tertiary/aromatic N) is 4. The van der Waals surface area contributed by atoms with E-state index in [4.69, 9.17) is 0 Å². The van der Waals surface area contributed by atoms with Crippen LogP contribution in [0.1, 0.15) is 30.4 Å². The lowest BCUT2D eigenvalue weighted by Gasteiger charge is -2.15. The van der Waals surface area contributed by atoms with Crippen LogP contribution >= 0.6 is 0 Å². The molecular weight excluding hydrogens is 409 g/mol. The van der Waals surface area contributed by atoms with E-state index in [0.29, 0.717) is 30.3 Å². The fourth-order valence-electron chi connectivity index (χ4n) is 4.38. The van der Waals surface area contributed by atoms with E-state index in [-0.39, 0.29) is 23.0 Å². The minimum Gasteiger partial charge on any atom is -0.507 e. The Kier molecular flexibility index (Phi) is 4.46. The number of alkyl halides is 3. The average Bonchev–Trinajstić information content (AvgIpc) is 3.34. The summed E-state index contributed by atoms with van der Waals surface area (Å²) in [7, 11) is 0. The van der Waals surface area contributed by atoms with E-state index in [1.165, 1.54) is 6.92 Å². The number of pyridine rings is 1. The smallest absolute Gasteiger partial charge is 0.416 e. The van der Waals surface area contributed by atoms with Crippen molar-refractivity contribution in [3.05, 3.63) is 41.6 Å². The molecule has 1 saturated heterocycles. The number of carbonyl (C=O) groups excluding carboxylic acids is 1. The van der Waals surface area contributed by atoms with Crippen molar-refractivity contribution in [2.75, 3.05) is 6.54 Å². The molecule has 2 aliphatic rings. The molecule has 0 unspecified atom stereocenters. The Morgan fingerprint density at radius 2 is 2.00 bits per heavy atom. The molecule has 2 aromatic heterocycles. The zero-order chi connectivity index (χ0) is 21.9. The van der Waals surface area contributed by atoms with Crippen LogP contribution in [0.15, 0.2) is 30.5 Å². The third-order valence-corrected chi connectivity index (χ3v) is 5.99. The van der Waals surface area contributed by atoms with Crippen LogP contribution in [0.5, 0.6) is 5.75 Å². The number of fused-ring (bicyclic) bond motifs is 1. The first-order valence-electron chi connectivity index (χ1n) is 10.2. The summed E-state index contributed by atoms with van der Waals surface area (Å²) in [6.45, 7) is 2.86. The van der Waals surface area contributed by atoms with E-state index in [0.717, 1.165) is 36.9 Å². The first kappa shape index (κ1) is 19.8. The predicted molar refractivity (Wildman–Crippen MR) is 107 cm³/mol. The predicted octanol–water partition coefficient (Wildman–Crippen LogP) is 4.14. The van der Waals surface area contributed by atoms with Crippen molar-refractivity contribution in [1.29, 1.82) is 0 Å². The number of aromatic nitrogens is 3. The van der Waals surface area contributed by atoms with Crippen LogP contribution in [0.4, 0.5) is 13.2 Å². The van der Waals surface area contributed by atoms with Crippen LogP contribution in [0.2, 0.25) is 0 Å². The minimum atomic E-state index is -4.53. The maximum absolute atomic E-state index is 13.0. The second kappa shape index (κ2) is 6.96. The lowest BCUT2D eigenvalue weighted by molar-refractivity contribution is -0.137. The normalized spacial score (nSPS) is 19.5. The molecule has 1 aliphatic carbocycles. The maximum Gasteiger partial charge on any atom is 0.416 e. The Balaban J connectivity index is 1.41. The highest BCUT2D eigenvalue weighted by atomic mass is 19.4. The summed E-state index contributed by atoms with van der Waals surface area (Å²) in [6, 6.07) is 5.58. The average molecular weight is 430 g/mol. The molecule has 9 heteroatoms. The minimum absolute atomic E-state index is 0.197. The van der Waals surface area contributed by atoms with Gasteiger partial charge in [0.05, 0.1) is 11.3 Å². The molecule has 6 nitrogen and oxygen atoms in total. The summed E-state index contributed by atoms with van der Waals surface area (Å²) in [4.78, 5) is 18.6. The largest absolute Gasteiger partial charge is 0.507 e. The molecule has 1 aliphatic heterocycles. The van der Waals surface area contributed by atoms with Crippen LogP contribution in [0.3, 0.4) is 0 Å². The van der Waals surface area contributed by atoms with Gasteiger partial charge < -0.3 is 10.0 Å². The molecule has 1 N–H and O–H groups in total. The van der Waals surface area contributed by atoms with E-state index in [2.05, 4.69) is 10.1 Å². The molecule has 3 aromatic rings. The molecule has 31 heavy (non-hydrogen) atoms. The van der Waals surface area contributed by atoms with Crippen LogP contribution in [-0.2, 0) is 17.5 Å². The molecule has 1 amide bonds. The molecule has 162 valence electrons. The first-order valence-corrected chi connectivity index (χ1v) is 10.2. The lowest BCUT2D eigenvalue weighted by Crippen LogP contribution is -2.27. The number of phenols is 1. The van der Waals surface area contributed by atoms with Crippen molar-refractivity contribution in [3.8, 4) is 17.0 Å². The number of likely N-dealkylation sites (tertiary alicyclic amines) is 1. The standard InChI is InChI=1S/C22H21F3N4O2/c1-12-6-15(22(23,24)25)8-18(30)20(12)17-5-2-14-11-28(27-21(14)26-17)9-13-7-19(31)29(10-13)16-3-4-16/h2,5-6,8,11,13,16,30H,3-4,7,9-10H2,1H3/t13-/m1/s1. The fourth-order valence-corrected chi connectivity index (χ4v) is 4.38. The Labute approximate surface area is 176 Å². The summed E-state index contributed by atoms with van der Waals surface area (Å²) >= 11 is 0. The number of hydrogen-bond donors (Lipinski definition) is 1. The van der Waals surface area contributed by atoms with Gasteiger partial charge in [0.2, 0.25) is 5.91 Å². The van der Waals surface area contributed by atoms with Crippen molar-refractivity contribution in [2.24, 2.45) is 5.92 Å². The van der Waals surface area contributed by atoms with Gasteiger partial charge in [-0.25, -0.2) is 4.98 Å². The molecular formula is C22H21F3N4O2. The Hall–Kier alpha value is -3.10. The van der Waals surface area contributed by atoms with Gasteiger partial charge >= 0.3 is 6.18 Å². The fraction of sp³-hybridized carbons (Fsp3) is 0.409. The third kappa shape index (κ3) is 3.73. The molecule has 0 radical (unpaired) electrons. The van der Waals surface area contributed by atoms with E-state index < -0.39 is 17.5 Å². The number of benzene rings is 1. The van der Waals surface area contributed by atoms with Gasteiger partial charge in [-0.05, 0) is 49.6 Å². The number of hydrogen-bond acceptors (Lipinski definition) is 4. The number of aryl methyl sites for hydroxylation is 1. The highest BCUT2D eigenvalue weighted by Gasteiger charge is 2.39. The second-order valence-corrected chi connectivity index (χ2v) is 8.49. The number of amides is 1. The molecule has 1 saturated carbocycles. The van der Waals surface area contributed by atoms with E-state index >= 15 is 0 Å². The summed E-state index contributed by atoms with van der Waals surface area (Å²) in [5.41, 5.74) is 0.439. The van der Waals surface area contributed by atoms with Gasteiger partial charge in [0, 0.05) is 48.6 Å². The molecule has 1 atom stereocenters. The first-order chi connectivity index (χ1) is 14.7. The van der Waals surface area contributed by atoms with Crippen molar-refractivity contribution >= 4 is 16.9 Å². The van der Waals surface area contributed by atoms with Crippen LogP contribution < -0.4 is 0 Å². The summed E-state index contributed by atoms with van der Waals surface area (Å²) in [5, 5.41) is 15.5. The zero-order valence-corrected chi connectivity index (χ0v) is 16.9. The number of halogens is 3. The van der Waals surface area contributed by atoms with E-state index in [1.54, 1.807) is 16.8 Å². The quantitative estimate of drug-likeness (QED) is 0.675. The van der Waals surface area contributed by atoms with Gasteiger partial charge in [0.25, 0.3) is 0 Å². The lowest BCUT2D eigenvalue weighted by atomic mass is 10.00. The number of carbonyl (C=O) groups is 1. The molecule has 0 spiro atoms. The second-order valence-electron chi connectivity index (χ2n) is 8.49. The number of aromatic hydroxyl groups is 1. The van der Waals surface area contributed by atoms with Crippen molar-refractivity contribution < 1.29 is 23.1 Å². The number of phenolic OH excluding ortho intramolecular Hbond substituents is 1. The summed E-state index contributed by atoms with van der Waals surface area (Å²) < 4.78 is 40.8. The van der Waals surface area contributed by atoms with Gasteiger partial charge in [0.15, 0.2) is 5.65 Å². The summed E-state index contributed by atoms with van der Waals surface area (Å²) in [6.07, 6.45) is 0.0214. The van der Waals surface area contributed by atoms with Gasteiger partial charge in [-0.2, -0.15) is 18.3 Å². The SMILES string of the molecule is Cc1cc(C(F)(F)F)cc(O)c1-c1ccc2cn(C[C@H]3CC(=O)N(C4CC4)C3)nc2n1. The number of rotatable bonds is 4. The molecule has 0 bridgehead atoms. The van der Waals surface area contributed by atoms with Gasteiger partial charge in [-0.1, -0.05) is 0 Å². The zero-order valence-electron chi connectivity index (χ0n) is 16.9. The molecule has 1 aromatic carbocycles. The van der Waals surface area contributed by atoms with Crippen LogP contribution in [0, 0.1) is 12.8 Å². The van der Waals surface area contributed by atoms with Crippen molar-refractivity contribution in [1.82, 2.24) is 19.7 Å². The molecule has 2 fully saturated rings. The topological polar surface area (TPSA) is 71.2 Å². The molecule has 3 heterocycles. The highest BCUT2D eigenvalue weighted by molar-refractivity contribution is 5.81. The Bertz CT molecular complexity index is 1160. The Morgan fingerprint density at radius 3 is 2.68 bits per heavy atom. The monoisotopic (exact) mass is 430 g/mol. The van der Waals surface area contributed by atoms with Gasteiger partial charge in [-0.3, -0.25) is 9.48 Å². The van der Waals surface area contributed by atoms with Gasteiger partial charge in [0.1, 0.15) is 5.75 Å². The third-order valence-electron chi connectivity index (χ3n) is 5.99. The highest BCUT2D eigenvalue weighted by Crippen LogP contribution is 2.39. The van der Waals surface area contributed by atoms with Crippen LogP contribution in [-0.4, -0.2) is 43.3 Å². The summed E-state index contributed by atoms with van der Waals surface area (Å²) in [5.74, 6) is -0.0656. The van der Waals surface area contributed by atoms with E-state index in [9.17, 15) is 23.1 Å². The van der Waals surface area contributed by atoms with Crippen LogP contribution in [0.25, 0.3) is 22.3 Å². The van der Waals surface area contributed by atoms with Crippen molar-refractivity contribution in [2.45, 2.75) is 44.9 Å². The van der Waals surface area contributed by atoms with Gasteiger partial charge in [-0.15, -0.1) is 0 Å².